The molecule has 234 valence electrons. The number of aliphatic hydroxyl groups is 1. The Hall–Kier alpha value is -3.04. The van der Waals surface area contributed by atoms with Crippen molar-refractivity contribution in [2.45, 2.75) is 76.8 Å². The van der Waals surface area contributed by atoms with Gasteiger partial charge in [-0.1, -0.05) is 44.9 Å². The second-order valence-electron chi connectivity index (χ2n) is 9.63. The number of rotatable bonds is 13. The van der Waals surface area contributed by atoms with Gasteiger partial charge in [0.25, 0.3) is 5.56 Å². The average molecular weight is 626 g/mol. The Labute approximate surface area is 237 Å². The molecule has 1 aliphatic rings. The number of aliphatic hydroxyl groups excluding tert-OH is 1. The van der Waals surface area contributed by atoms with Crippen LogP contribution in [0.15, 0.2) is 46.1 Å². The lowest BCUT2D eigenvalue weighted by molar-refractivity contribution is -0.237. The van der Waals surface area contributed by atoms with Crippen LogP contribution in [0.2, 0.25) is 0 Å². The van der Waals surface area contributed by atoms with Gasteiger partial charge in [0.1, 0.15) is 24.1 Å². The van der Waals surface area contributed by atoms with Crippen molar-refractivity contribution in [1.29, 1.82) is 0 Å². The van der Waals surface area contributed by atoms with E-state index in [0.717, 1.165) is 0 Å². The van der Waals surface area contributed by atoms with E-state index in [4.69, 9.17) is 18.5 Å². The highest BCUT2D eigenvalue weighted by molar-refractivity contribution is 7.52. The number of para-hydroxylation sites is 1. The third-order valence-electron chi connectivity index (χ3n) is 6.53. The van der Waals surface area contributed by atoms with Crippen molar-refractivity contribution in [3.63, 3.8) is 0 Å². The largest absolute Gasteiger partial charge is 0.464 e. The average Bonchev–Trinajstić information content (AvgIpc) is 3.30. The summed E-state index contributed by atoms with van der Waals surface area (Å²) in [5, 5.41) is 12.6. The first-order chi connectivity index (χ1) is 19.7. The van der Waals surface area contributed by atoms with Crippen molar-refractivity contribution in [2.24, 2.45) is 5.92 Å². The van der Waals surface area contributed by atoms with Crippen LogP contribution in [-0.2, 0) is 23.4 Å². The van der Waals surface area contributed by atoms with Gasteiger partial charge in [-0.25, -0.2) is 9.36 Å². The molecule has 3 N–H and O–H groups in total. The van der Waals surface area contributed by atoms with E-state index in [1.165, 1.54) is 31.2 Å². The monoisotopic (exact) mass is 625 g/mol. The number of halogens is 4. The number of carbonyl (C=O) groups excluding carboxylic acids is 1. The fourth-order valence-electron chi connectivity index (χ4n) is 4.09. The maximum atomic E-state index is 14.3. The van der Waals surface area contributed by atoms with Crippen LogP contribution in [0.4, 0.5) is 17.6 Å². The van der Waals surface area contributed by atoms with Gasteiger partial charge < -0.3 is 19.1 Å². The lowest BCUT2D eigenvalue weighted by Gasteiger charge is -2.31. The number of hydrogen-bond donors (Lipinski definition) is 3. The summed E-state index contributed by atoms with van der Waals surface area (Å²) in [6.07, 6.45) is -13.2. The quantitative estimate of drug-likeness (QED) is 0.171. The minimum atomic E-state index is -5.33. The first-order valence-corrected chi connectivity index (χ1v) is 14.6. The third-order valence-corrected chi connectivity index (χ3v) is 8.19. The molecule has 2 aromatic rings. The molecule has 42 heavy (non-hydrogen) atoms. The van der Waals surface area contributed by atoms with E-state index in [0.29, 0.717) is 23.6 Å². The van der Waals surface area contributed by atoms with Gasteiger partial charge in [-0.3, -0.25) is 23.7 Å². The fraction of sp³-hybridized carbons (Fsp3) is 0.560. The Kier molecular flexibility index (Phi) is 11.1. The summed E-state index contributed by atoms with van der Waals surface area (Å²) in [6.45, 7) is 5.01. The number of nitrogens with one attached hydrogen (secondary N) is 2. The van der Waals surface area contributed by atoms with Gasteiger partial charge in [-0.2, -0.15) is 22.6 Å². The predicted octanol–water partition coefficient (Wildman–Crippen LogP) is 3.42. The molecule has 12 nitrogen and oxygen atoms in total. The van der Waals surface area contributed by atoms with Crippen LogP contribution >= 0.6 is 7.75 Å². The summed E-state index contributed by atoms with van der Waals surface area (Å²) in [7, 11) is -5.10. The summed E-state index contributed by atoms with van der Waals surface area (Å²) >= 11 is 0. The Balaban J connectivity index is 1.89. The molecule has 1 fully saturated rings. The molecule has 1 aromatic carbocycles. The lowest BCUT2D eigenvalue weighted by Crippen LogP contribution is -2.48. The summed E-state index contributed by atoms with van der Waals surface area (Å²) in [5.41, 5.74) is -2.57. The second kappa shape index (κ2) is 14.0. The first-order valence-electron chi connectivity index (χ1n) is 13.1. The molecule has 1 aliphatic heterocycles. The molecule has 0 bridgehead atoms. The van der Waals surface area contributed by atoms with Crippen LogP contribution in [-0.4, -0.2) is 57.8 Å². The van der Waals surface area contributed by atoms with Crippen LogP contribution in [0, 0.1) is 11.7 Å². The number of benzene rings is 1. The molecule has 6 atom stereocenters. The van der Waals surface area contributed by atoms with Crippen LogP contribution < -0.4 is 20.9 Å². The van der Waals surface area contributed by atoms with Crippen molar-refractivity contribution in [1.82, 2.24) is 14.6 Å². The van der Waals surface area contributed by atoms with Crippen molar-refractivity contribution in [3.8, 4) is 5.75 Å². The van der Waals surface area contributed by atoms with Gasteiger partial charge in [0.05, 0.1) is 18.9 Å². The van der Waals surface area contributed by atoms with Gasteiger partial charge in [0.15, 0.2) is 6.10 Å². The Morgan fingerprint density at radius 2 is 1.88 bits per heavy atom. The number of hydrogen-bond acceptors (Lipinski definition) is 9. The van der Waals surface area contributed by atoms with Crippen molar-refractivity contribution in [3.05, 3.63) is 63.2 Å². The summed E-state index contributed by atoms with van der Waals surface area (Å²) in [4.78, 5) is 37.7. The van der Waals surface area contributed by atoms with E-state index >= 15 is 0 Å². The van der Waals surface area contributed by atoms with Gasteiger partial charge in [-0.05, 0) is 25.0 Å². The van der Waals surface area contributed by atoms with Crippen molar-refractivity contribution >= 4 is 13.7 Å². The number of aromatic nitrogens is 2. The summed E-state index contributed by atoms with van der Waals surface area (Å²) in [5.74, 6) is -2.48. The molecule has 0 aliphatic carbocycles. The molecule has 0 amide bonds. The molecule has 1 saturated heterocycles. The number of esters is 1. The minimum Gasteiger partial charge on any atom is -0.464 e. The Morgan fingerprint density at radius 3 is 2.48 bits per heavy atom. The molecule has 0 saturated carbocycles. The van der Waals surface area contributed by atoms with E-state index in [-0.39, 0.29) is 18.3 Å². The zero-order valence-corrected chi connectivity index (χ0v) is 23.8. The number of H-pyrrole nitrogens is 1. The molecule has 17 heteroatoms. The molecule has 0 unspecified atom stereocenters. The highest BCUT2D eigenvalue weighted by atomic mass is 31.2. The van der Waals surface area contributed by atoms with Gasteiger partial charge in [0.2, 0.25) is 5.82 Å². The summed E-state index contributed by atoms with van der Waals surface area (Å²) < 4.78 is 91.8. The number of nitrogens with zero attached hydrogens (tertiary/aromatic N) is 1. The fourth-order valence-corrected chi connectivity index (χ4v) is 5.76. The first kappa shape index (κ1) is 33.5. The van der Waals surface area contributed by atoms with Gasteiger partial charge in [0, 0.05) is 6.42 Å². The topological polar surface area (TPSA) is 158 Å². The summed E-state index contributed by atoms with van der Waals surface area (Å²) in [6, 6.07) is 5.56. The lowest BCUT2D eigenvalue weighted by atomic mass is 10.1. The zero-order valence-electron chi connectivity index (χ0n) is 22.9. The van der Waals surface area contributed by atoms with E-state index < -0.39 is 74.0 Å². The smallest absolute Gasteiger partial charge is 0.460 e. The number of carbonyl (C=O) groups is 1. The van der Waals surface area contributed by atoms with Crippen molar-refractivity contribution < 1.29 is 50.5 Å². The zero-order chi connectivity index (χ0) is 31.2. The van der Waals surface area contributed by atoms with Crippen LogP contribution in [0.25, 0.3) is 0 Å². The molecule has 3 rings (SSSR count). The van der Waals surface area contributed by atoms with Crippen LogP contribution in [0.3, 0.4) is 0 Å². The van der Waals surface area contributed by atoms with Gasteiger partial charge >= 0.3 is 25.6 Å². The molecule has 0 spiro atoms. The molecule has 0 radical (unpaired) electrons. The van der Waals surface area contributed by atoms with Gasteiger partial charge in [-0.15, -0.1) is 0 Å². The predicted molar refractivity (Wildman–Crippen MR) is 139 cm³/mol. The Bertz CT molecular complexity index is 1370. The molecular formula is C25H32F4N3O9P. The minimum absolute atomic E-state index is 0.0297. The number of ether oxygens (including phenoxy) is 2. The van der Waals surface area contributed by atoms with Crippen LogP contribution in [0.1, 0.15) is 46.3 Å². The maximum Gasteiger partial charge on any atom is 0.460 e. The highest BCUT2D eigenvalue weighted by Gasteiger charge is 2.56. The maximum absolute atomic E-state index is 14.3. The second-order valence-corrected chi connectivity index (χ2v) is 11.3. The van der Waals surface area contributed by atoms with E-state index in [1.54, 1.807) is 11.1 Å². The van der Waals surface area contributed by atoms with E-state index in [2.05, 4.69) is 5.09 Å². The number of aromatic amines is 1. The molecule has 1 aromatic heterocycles. The Morgan fingerprint density at radius 1 is 1.24 bits per heavy atom. The van der Waals surface area contributed by atoms with Crippen LogP contribution in [0.5, 0.6) is 5.75 Å². The molecular weight excluding hydrogens is 593 g/mol. The van der Waals surface area contributed by atoms with Crippen molar-refractivity contribution in [2.75, 3.05) is 6.61 Å². The van der Waals surface area contributed by atoms with E-state index in [1.807, 2.05) is 13.8 Å². The SMILES string of the molecule is CCC(CC)COC(=O)[C@H](C)N[P@](=O)(Oc1ccccc1)O[C@@H]([C@H]1O[C@@H](n2cc(F)c(=O)[nH]c2=O)C[C@@H]1O)C(F)(F)F. The number of alkyl halides is 3. The molecule has 2 heterocycles. The highest BCUT2D eigenvalue weighted by Crippen LogP contribution is 2.50. The third kappa shape index (κ3) is 8.51. The van der Waals surface area contributed by atoms with E-state index in [9.17, 15) is 41.6 Å². The standard InChI is InChI=1S/C25H32F4N3O9P/c1-4-15(5-2)13-38-23(35)14(3)31-42(37,40-16-9-7-6-8-10-16)41-21(25(27,28)29)20-18(33)11-19(39-20)32-12-17(26)22(34)30-24(32)36/h6-10,12,14-15,18-21,33H,4-5,11,13H2,1-3H3,(H,31,37)(H,30,34,36)/t14-,18-,19+,20-,21-,42-/m0/s1. The normalized spacial score (nSPS) is 22.0.